The Hall–Kier alpha value is -1.76. The molecule has 104 valence electrons. The third-order valence-electron chi connectivity index (χ3n) is 2.27. The molecule has 2 rings (SSSR count). The van der Waals surface area contributed by atoms with Gasteiger partial charge in [0.15, 0.2) is 15.6 Å². The summed E-state index contributed by atoms with van der Waals surface area (Å²) in [6, 6.07) is 17.1. The summed E-state index contributed by atoms with van der Waals surface area (Å²) in [6.07, 6.45) is 0. The van der Waals surface area contributed by atoms with E-state index in [1.165, 1.54) is 17.5 Å². The highest BCUT2D eigenvalue weighted by Crippen LogP contribution is 2.16. The van der Waals surface area contributed by atoms with Crippen molar-refractivity contribution in [3.63, 3.8) is 0 Å². The normalized spacial score (nSPS) is 11.6. The van der Waals surface area contributed by atoms with Crippen LogP contribution in [0.5, 0.6) is 5.75 Å². The zero-order valence-electron chi connectivity index (χ0n) is 10.4. The molecule has 0 amide bonds. The third kappa shape index (κ3) is 4.41. The van der Waals surface area contributed by atoms with Gasteiger partial charge in [-0.25, -0.2) is 8.42 Å². The van der Waals surface area contributed by atoms with Gasteiger partial charge in [-0.3, -0.25) is 0 Å². The van der Waals surface area contributed by atoms with Crippen LogP contribution in [0.3, 0.4) is 0 Å². The Morgan fingerprint density at radius 1 is 0.900 bits per heavy atom. The Kier molecular flexibility index (Phi) is 5.23. The number of rotatable bonds is 6. The van der Waals surface area contributed by atoms with E-state index >= 15 is 0 Å². The van der Waals surface area contributed by atoms with Crippen molar-refractivity contribution in [2.45, 2.75) is 4.90 Å². The van der Waals surface area contributed by atoms with Crippen molar-refractivity contribution in [2.24, 2.45) is 0 Å². The molecular formula is C14H12O4S2. The average Bonchev–Trinajstić information content (AvgIpc) is 2.49. The van der Waals surface area contributed by atoms with Crippen molar-refractivity contribution in [2.75, 3.05) is 0 Å². The van der Waals surface area contributed by atoms with Crippen LogP contribution in [-0.4, -0.2) is 8.42 Å². The first kappa shape index (κ1) is 14.6. The molecule has 4 nitrogen and oxygen atoms in total. The van der Waals surface area contributed by atoms with Gasteiger partial charge in [0.2, 0.25) is 0 Å². The molecule has 0 atom stereocenters. The van der Waals surface area contributed by atoms with Crippen LogP contribution >= 0.6 is 12.0 Å². The maximum Gasteiger partial charge on any atom is 0.200 e. The summed E-state index contributed by atoms with van der Waals surface area (Å²) < 4.78 is 28.6. The molecule has 0 aromatic heterocycles. The van der Waals surface area contributed by atoms with Crippen LogP contribution in [0.2, 0.25) is 0 Å². The zero-order valence-corrected chi connectivity index (χ0v) is 12.0. The molecule has 6 heteroatoms. The predicted octanol–water partition coefficient (Wildman–Crippen LogP) is 3.59. The minimum absolute atomic E-state index is 0.237. The van der Waals surface area contributed by atoms with Gasteiger partial charge in [-0.1, -0.05) is 36.4 Å². The van der Waals surface area contributed by atoms with Crippen LogP contribution in [0, 0.1) is 0 Å². The van der Waals surface area contributed by atoms with Gasteiger partial charge in [0, 0.05) is 10.8 Å². The molecule has 0 aliphatic carbocycles. The van der Waals surface area contributed by atoms with Gasteiger partial charge in [-0.2, -0.15) is 0 Å². The van der Waals surface area contributed by atoms with Crippen molar-refractivity contribution < 1.29 is 17.6 Å². The van der Waals surface area contributed by atoms with Crippen molar-refractivity contribution >= 4 is 21.9 Å². The van der Waals surface area contributed by atoms with Crippen LogP contribution in [-0.2, 0) is 14.2 Å². The second-order valence-electron chi connectivity index (χ2n) is 3.69. The first-order chi connectivity index (χ1) is 9.68. The lowest BCUT2D eigenvalue weighted by Gasteiger charge is -2.00. The first-order valence-electron chi connectivity index (χ1n) is 5.70. The molecule has 0 spiro atoms. The quantitative estimate of drug-likeness (QED) is 0.353. The molecule has 2 aromatic carbocycles. The van der Waals surface area contributed by atoms with E-state index < -0.39 is 9.84 Å². The van der Waals surface area contributed by atoms with Crippen LogP contribution in [0.4, 0.5) is 0 Å². The van der Waals surface area contributed by atoms with E-state index in [1.807, 2.05) is 6.07 Å². The predicted molar refractivity (Wildman–Crippen MR) is 78.5 cm³/mol. The number of hydrogen-bond donors (Lipinski definition) is 0. The highest BCUT2D eigenvalue weighted by molar-refractivity contribution is 7.99. The van der Waals surface area contributed by atoms with E-state index in [0.29, 0.717) is 5.75 Å². The van der Waals surface area contributed by atoms with Gasteiger partial charge in [0.1, 0.15) is 0 Å². The Bertz CT molecular complexity index is 652. The van der Waals surface area contributed by atoms with Gasteiger partial charge in [0.25, 0.3) is 0 Å². The number of hydrogen-bond acceptors (Lipinski definition) is 5. The largest absolute Gasteiger partial charge is 0.325 e. The highest BCUT2D eigenvalue weighted by atomic mass is 32.2. The van der Waals surface area contributed by atoms with Gasteiger partial charge in [0.05, 0.1) is 16.9 Å². The van der Waals surface area contributed by atoms with E-state index in [9.17, 15) is 8.42 Å². The molecular weight excluding hydrogens is 296 g/mol. The number of benzene rings is 2. The smallest absolute Gasteiger partial charge is 0.200 e. The van der Waals surface area contributed by atoms with E-state index in [0.717, 1.165) is 17.5 Å². The molecule has 0 aliphatic heterocycles. The van der Waals surface area contributed by atoms with Crippen molar-refractivity contribution in [1.29, 1.82) is 0 Å². The van der Waals surface area contributed by atoms with E-state index in [-0.39, 0.29) is 4.90 Å². The third-order valence-corrected chi connectivity index (χ3v) is 4.26. The second-order valence-corrected chi connectivity index (χ2v) is 6.13. The Morgan fingerprint density at radius 3 is 2.15 bits per heavy atom. The standard InChI is InChI=1S/C14H12O4S2/c15-20(16,14-9-5-2-6-10-14)12-11-19-18-17-13-7-3-1-4-8-13/h1-12H/b12-11+. The van der Waals surface area contributed by atoms with Crippen LogP contribution in [0.15, 0.2) is 76.4 Å². The SMILES string of the molecule is O=S(=O)(/C=C/SOOc1ccccc1)c1ccccc1. The van der Waals surface area contributed by atoms with Gasteiger partial charge >= 0.3 is 0 Å². The summed E-state index contributed by atoms with van der Waals surface area (Å²) in [5, 5.41) is 2.38. The van der Waals surface area contributed by atoms with E-state index in [1.54, 1.807) is 42.5 Å². The molecule has 20 heavy (non-hydrogen) atoms. The molecule has 0 fully saturated rings. The minimum Gasteiger partial charge on any atom is -0.325 e. The minimum atomic E-state index is -3.44. The molecule has 0 saturated carbocycles. The number of sulfone groups is 1. The summed E-state index contributed by atoms with van der Waals surface area (Å²) in [6.45, 7) is 0. The van der Waals surface area contributed by atoms with Gasteiger partial charge in [-0.05, 0) is 24.3 Å². The fourth-order valence-electron chi connectivity index (χ4n) is 1.34. The lowest BCUT2D eigenvalue weighted by Crippen LogP contribution is -1.95. The van der Waals surface area contributed by atoms with Crippen LogP contribution in [0.25, 0.3) is 0 Å². The lowest BCUT2D eigenvalue weighted by molar-refractivity contribution is -0.0765. The monoisotopic (exact) mass is 308 g/mol. The van der Waals surface area contributed by atoms with E-state index in [2.05, 4.69) is 0 Å². The van der Waals surface area contributed by atoms with Gasteiger partial charge < -0.3 is 4.89 Å². The average molecular weight is 308 g/mol. The van der Waals surface area contributed by atoms with Crippen molar-refractivity contribution in [1.82, 2.24) is 0 Å². The van der Waals surface area contributed by atoms with Crippen molar-refractivity contribution in [3.05, 3.63) is 71.5 Å². The zero-order chi connectivity index (χ0) is 14.3. The van der Waals surface area contributed by atoms with Crippen LogP contribution < -0.4 is 4.89 Å². The highest BCUT2D eigenvalue weighted by Gasteiger charge is 2.08. The second kappa shape index (κ2) is 7.14. The molecule has 0 aliphatic rings. The molecule has 2 aromatic rings. The fraction of sp³-hybridized carbons (Fsp3) is 0. The fourth-order valence-corrected chi connectivity index (χ4v) is 2.97. The number of para-hydroxylation sites is 1. The first-order valence-corrected chi connectivity index (χ1v) is 8.05. The van der Waals surface area contributed by atoms with Gasteiger partial charge in [-0.15, -0.1) is 4.33 Å². The molecule has 0 radical (unpaired) electrons. The molecule has 0 unspecified atom stereocenters. The maximum atomic E-state index is 11.9. The summed E-state index contributed by atoms with van der Waals surface area (Å²) in [5.41, 5.74) is 0. The van der Waals surface area contributed by atoms with Crippen LogP contribution in [0.1, 0.15) is 0 Å². The topological polar surface area (TPSA) is 52.6 Å². The van der Waals surface area contributed by atoms with Crippen molar-refractivity contribution in [3.8, 4) is 5.75 Å². The molecule has 0 heterocycles. The summed E-state index contributed by atoms with van der Waals surface area (Å²) in [5.74, 6) is 0.541. The Morgan fingerprint density at radius 2 is 1.50 bits per heavy atom. The molecule has 0 N–H and O–H groups in total. The summed E-state index contributed by atoms with van der Waals surface area (Å²) >= 11 is 0.788. The molecule has 0 saturated heterocycles. The summed E-state index contributed by atoms with van der Waals surface area (Å²) in [4.78, 5) is 5.18. The Labute approximate surface area is 122 Å². The Balaban J connectivity index is 1.85. The summed E-state index contributed by atoms with van der Waals surface area (Å²) in [7, 11) is -3.44. The maximum absolute atomic E-state index is 11.9. The van der Waals surface area contributed by atoms with E-state index in [4.69, 9.17) is 9.22 Å². The lowest BCUT2D eigenvalue weighted by atomic mass is 10.3. The molecule has 0 bridgehead atoms.